The molecule has 0 amide bonds. The molecule has 2 N–H and O–H groups in total. The van der Waals surface area contributed by atoms with Gasteiger partial charge >= 0.3 is 6.61 Å². The lowest BCUT2D eigenvalue weighted by Crippen LogP contribution is -2.39. The fraction of sp³-hybridized carbons (Fsp3) is 0.304. The summed E-state index contributed by atoms with van der Waals surface area (Å²) in [5.41, 5.74) is 3.07. The van der Waals surface area contributed by atoms with Crippen LogP contribution in [-0.4, -0.2) is 49.6 Å². The zero-order valence-corrected chi connectivity index (χ0v) is 18.1. The summed E-state index contributed by atoms with van der Waals surface area (Å²) >= 11 is 0. The van der Waals surface area contributed by atoms with E-state index in [2.05, 4.69) is 37.6 Å². The summed E-state index contributed by atoms with van der Waals surface area (Å²) in [4.78, 5) is 4.22. The second kappa shape index (κ2) is 11.7. The molecule has 0 bridgehead atoms. The van der Waals surface area contributed by atoms with Gasteiger partial charge in [-0.2, -0.15) is 13.9 Å². The topological polar surface area (TPSA) is 72.7 Å². The number of nitrogens with zero attached hydrogens (tertiary/aromatic N) is 3. The Hall–Kier alpha value is -3.62. The molecule has 1 heterocycles. The number of methoxy groups -OCH3 is 1. The van der Waals surface area contributed by atoms with Gasteiger partial charge in [-0.05, 0) is 54.3 Å². The minimum atomic E-state index is -2.90. The second-order valence-corrected chi connectivity index (χ2v) is 6.91. The van der Waals surface area contributed by atoms with E-state index in [1.807, 2.05) is 35.1 Å². The summed E-state index contributed by atoms with van der Waals surface area (Å²) in [6.45, 7) is -1.60. The van der Waals surface area contributed by atoms with Gasteiger partial charge in [0.25, 0.3) is 0 Å². The first-order valence-corrected chi connectivity index (χ1v) is 10.2. The van der Waals surface area contributed by atoms with E-state index in [0.717, 1.165) is 24.2 Å². The van der Waals surface area contributed by atoms with Gasteiger partial charge in [-0.25, -0.2) is 4.68 Å². The van der Waals surface area contributed by atoms with E-state index < -0.39 is 6.61 Å². The highest BCUT2D eigenvalue weighted by Crippen LogP contribution is 2.29. The summed E-state index contributed by atoms with van der Waals surface area (Å²) in [7, 11) is 3.12. The van der Waals surface area contributed by atoms with Crippen LogP contribution in [0.3, 0.4) is 0 Å². The molecule has 0 aliphatic heterocycles. The van der Waals surface area contributed by atoms with Crippen molar-refractivity contribution < 1.29 is 18.3 Å². The van der Waals surface area contributed by atoms with Crippen molar-refractivity contribution in [2.45, 2.75) is 19.5 Å². The Kier molecular flexibility index (Phi) is 8.42. The maximum absolute atomic E-state index is 12.6. The fourth-order valence-corrected chi connectivity index (χ4v) is 3.17. The molecule has 0 saturated carbocycles. The minimum absolute atomic E-state index is 0.0288. The van der Waals surface area contributed by atoms with E-state index >= 15 is 0 Å². The molecule has 3 aromatic rings. The molecule has 0 unspecified atom stereocenters. The van der Waals surface area contributed by atoms with Crippen LogP contribution >= 0.6 is 0 Å². The Labute approximate surface area is 186 Å². The molecule has 0 aliphatic rings. The van der Waals surface area contributed by atoms with Crippen LogP contribution in [0.4, 0.5) is 8.78 Å². The Morgan fingerprint density at radius 2 is 1.72 bits per heavy atom. The fourth-order valence-electron chi connectivity index (χ4n) is 3.17. The SMILES string of the molecule is CN=C(NCCc1ccc(-n2cccn2)cc1)NCCc1ccc(OC)c(OC(F)F)c1. The Balaban J connectivity index is 1.43. The number of aromatic nitrogens is 2. The van der Waals surface area contributed by atoms with Gasteiger partial charge in [0.2, 0.25) is 0 Å². The van der Waals surface area contributed by atoms with Gasteiger partial charge in [-0.15, -0.1) is 0 Å². The lowest BCUT2D eigenvalue weighted by molar-refractivity contribution is -0.0512. The molecule has 0 fully saturated rings. The average molecular weight is 443 g/mol. The van der Waals surface area contributed by atoms with Crippen molar-refractivity contribution in [3.05, 3.63) is 72.1 Å². The van der Waals surface area contributed by atoms with Crippen molar-refractivity contribution in [1.82, 2.24) is 20.4 Å². The lowest BCUT2D eigenvalue weighted by atomic mass is 10.1. The summed E-state index contributed by atoms with van der Waals surface area (Å²) < 4.78 is 36.6. The maximum Gasteiger partial charge on any atom is 0.387 e. The van der Waals surface area contributed by atoms with E-state index in [1.54, 1.807) is 25.4 Å². The highest BCUT2D eigenvalue weighted by molar-refractivity contribution is 5.79. The number of aliphatic imine (C=N–C) groups is 1. The molecule has 0 spiro atoms. The smallest absolute Gasteiger partial charge is 0.387 e. The first-order chi connectivity index (χ1) is 15.6. The summed E-state index contributed by atoms with van der Waals surface area (Å²) in [6, 6.07) is 15.1. The number of ether oxygens (including phenoxy) is 2. The van der Waals surface area contributed by atoms with Crippen molar-refractivity contribution in [2.24, 2.45) is 4.99 Å². The summed E-state index contributed by atoms with van der Waals surface area (Å²) in [5.74, 6) is 0.981. The molecule has 3 rings (SSSR count). The van der Waals surface area contributed by atoms with Gasteiger partial charge in [0.1, 0.15) is 0 Å². The average Bonchev–Trinajstić information content (AvgIpc) is 3.33. The first kappa shape index (κ1) is 23.1. The van der Waals surface area contributed by atoms with Crippen LogP contribution in [0, 0.1) is 0 Å². The van der Waals surface area contributed by atoms with Crippen LogP contribution in [0.1, 0.15) is 11.1 Å². The van der Waals surface area contributed by atoms with Crippen molar-refractivity contribution in [3.8, 4) is 17.2 Å². The molecule has 0 aliphatic carbocycles. The van der Waals surface area contributed by atoms with Crippen molar-refractivity contribution in [2.75, 3.05) is 27.2 Å². The van der Waals surface area contributed by atoms with Gasteiger partial charge in [0.15, 0.2) is 17.5 Å². The van der Waals surface area contributed by atoms with E-state index in [0.29, 0.717) is 18.9 Å². The van der Waals surface area contributed by atoms with E-state index in [4.69, 9.17) is 4.74 Å². The quantitative estimate of drug-likeness (QED) is 0.371. The number of benzene rings is 2. The molecule has 2 aromatic carbocycles. The number of nitrogens with one attached hydrogen (secondary N) is 2. The molecule has 170 valence electrons. The molecule has 32 heavy (non-hydrogen) atoms. The highest BCUT2D eigenvalue weighted by Gasteiger charge is 2.11. The van der Waals surface area contributed by atoms with Gasteiger partial charge < -0.3 is 20.1 Å². The van der Waals surface area contributed by atoms with Crippen LogP contribution in [0.15, 0.2) is 65.9 Å². The van der Waals surface area contributed by atoms with Crippen molar-refractivity contribution in [1.29, 1.82) is 0 Å². The van der Waals surface area contributed by atoms with Crippen LogP contribution in [0.5, 0.6) is 11.5 Å². The molecular weight excluding hydrogens is 416 g/mol. The van der Waals surface area contributed by atoms with Gasteiger partial charge in [-0.1, -0.05) is 18.2 Å². The first-order valence-electron chi connectivity index (χ1n) is 10.2. The summed E-state index contributed by atoms with van der Waals surface area (Å²) in [6.07, 6.45) is 5.11. The third-order valence-electron chi connectivity index (χ3n) is 4.79. The van der Waals surface area contributed by atoms with Crippen LogP contribution in [0.25, 0.3) is 5.69 Å². The minimum Gasteiger partial charge on any atom is -0.493 e. The zero-order chi connectivity index (χ0) is 22.8. The van der Waals surface area contributed by atoms with E-state index in [1.165, 1.54) is 12.7 Å². The lowest BCUT2D eigenvalue weighted by Gasteiger charge is -2.14. The predicted molar refractivity (Wildman–Crippen MR) is 120 cm³/mol. The second-order valence-electron chi connectivity index (χ2n) is 6.91. The predicted octanol–water partition coefficient (Wildman–Crippen LogP) is 3.43. The Morgan fingerprint density at radius 1 is 1.03 bits per heavy atom. The normalized spacial score (nSPS) is 11.5. The maximum atomic E-state index is 12.6. The third kappa shape index (κ3) is 6.69. The standard InChI is InChI=1S/C23H27F2N5O2/c1-26-23(27-13-10-17-4-7-19(8-5-17)30-15-3-12-29-30)28-14-11-18-6-9-20(31-2)21(16-18)32-22(24)25/h3-9,12,15-16,22H,10-11,13-14H2,1-2H3,(H2,26,27,28). The molecule has 9 heteroatoms. The monoisotopic (exact) mass is 443 g/mol. The van der Waals surface area contributed by atoms with E-state index in [9.17, 15) is 8.78 Å². The number of hydrogen-bond donors (Lipinski definition) is 2. The highest BCUT2D eigenvalue weighted by atomic mass is 19.3. The molecule has 0 atom stereocenters. The number of alkyl halides is 2. The number of halogens is 2. The molecule has 0 radical (unpaired) electrons. The Morgan fingerprint density at radius 3 is 2.31 bits per heavy atom. The zero-order valence-electron chi connectivity index (χ0n) is 18.1. The number of guanidine groups is 1. The number of rotatable bonds is 10. The third-order valence-corrected chi connectivity index (χ3v) is 4.79. The van der Waals surface area contributed by atoms with E-state index in [-0.39, 0.29) is 11.5 Å². The van der Waals surface area contributed by atoms with Crippen molar-refractivity contribution in [3.63, 3.8) is 0 Å². The van der Waals surface area contributed by atoms with Crippen LogP contribution < -0.4 is 20.1 Å². The number of hydrogen-bond acceptors (Lipinski definition) is 4. The molecule has 7 nitrogen and oxygen atoms in total. The van der Waals surface area contributed by atoms with Gasteiger partial charge in [0, 0.05) is 32.5 Å². The van der Waals surface area contributed by atoms with Crippen LogP contribution in [0.2, 0.25) is 0 Å². The summed E-state index contributed by atoms with van der Waals surface area (Å²) in [5, 5.41) is 10.7. The Bertz CT molecular complexity index is 992. The molecule has 1 aromatic heterocycles. The largest absolute Gasteiger partial charge is 0.493 e. The van der Waals surface area contributed by atoms with Crippen LogP contribution in [-0.2, 0) is 12.8 Å². The van der Waals surface area contributed by atoms with Gasteiger partial charge in [0.05, 0.1) is 12.8 Å². The molecule has 0 saturated heterocycles. The van der Waals surface area contributed by atoms with Gasteiger partial charge in [-0.3, -0.25) is 4.99 Å². The molecular formula is C23H27F2N5O2. The van der Waals surface area contributed by atoms with Crippen molar-refractivity contribution >= 4 is 5.96 Å².